The van der Waals surface area contributed by atoms with Crippen LogP contribution >= 0.6 is 0 Å². The lowest BCUT2D eigenvalue weighted by Gasteiger charge is -2.38. The predicted molar refractivity (Wildman–Crippen MR) is 127 cm³/mol. The number of anilines is 1. The van der Waals surface area contributed by atoms with Crippen LogP contribution in [0, 0.1) is 0 Å². The van der Waals surface area contributed by atoms with E-state index in [-0.39, 0.29) is 11.8 Å². The molecule has 1 heterocycles. The standard InChI is InChI=1S/C25H40N4O2/c1-4-5-15-26-24(31)25(13-7-6-8-14-25)27-23(30)21-9-11-22(12-10-21)29-18-16-28(17-19-29)20(2)3/h9-12,20H,4-8,13-19H2,1-3H3,(H,26,31)(H,27,30). The van der Waals surface area contributed by atoms with Crippen molar-refractivity contribution in [2.75, 3.05) is 37.6 Å². The summed E-state index contributed by atoms with van der Waals surface area (Å²) in [6, 6.07) is 8.44. The van der Waals surface area contributed by atoms with Gasteiger partial charge in [-0.1, -0.05) is 32.6 Å². The molecule has 2 amide bonds. The molecule has 1 saturated carbocycles. The summed E-state index contributed by atoms with van der Waals surface area (Å²) in [6.07, 6.45) is 6.51. The molecule has 1 aromatic rings. The average molecular weight is 429 g/mol. The van der Waals surface area contributed by atoms with Gasteiger partial charge in [-0.3, -0.25) is 14.5 Å². The first-order valence-corrected chi connectivity index (χ1v) is 12.1. The number of hydrogen-bond acceptors (Lipinski definition) is 4. The Hall–Kier alpha value is -2.08. The highest BCUT2D eigenvalue weighted by molar-refractivity contribution is 5.99. The number of hydrogen-bond donors (Lipinski definition) is 2. The van der Waals surface area contributed by atoms with Gasteiger partial charge in [0.1, 0.15) is 5.54 Å². The summed E-state index contributed by atoms with van der Waals surface area (Å²) in [5.41, 5.74) is 1.01. The van der Waals surface area contributed by atoms with Crippen molar-refractivity contribution in [3.05, 3.63) is 29.8 Å². The molecule has 1 aliphatic carbocycles. The van der Waals surface area contributed by atoms with Gasteiger partial charge in [-0.15, -0.1) is 0 Å². The van der Waals surface area contributed by atoms with Crippen molar-refractivity contribution in [3.8, 4) is 0 Å². The van der Waals surface area contributed by atoms with Crippen LogP contribution in [-0.4, -0.2) is 61.0 Å². The van der Waals surface area contributed by atoms with Gasteiger partial charge in [-0.05, 0) is 57.4 Å². The van der Waals surface area contributed by atoms with E-state index in [0.717, 1.165) is 76.8 Å². The zero-order valence-corrected chi connectivity index (χ0v) is 19.6. The maximum absolute atomic E-state index is 13.0. The minimum absolute atomic E-state index is 0.0198. The maximum atomic E-state index is 13.0. The third kappa shape index (κ3) is 6.00. The van der Waals surface area contributed by atoms with Crippen molar-refractivity contribution in [2.45, 2.75) is 77.3 Å². The molecule has 1 aliphatic heterocycles. The van der Waals surface area contributed by atoms with Crippen molar-refractivity contribution in [2.24, 2.45) is 0 Å². The lowest BCUT2D eigenvalue weighted by atomic mass is 9.80. The summed E-state index contributed by atoms with van der Waals surface area (Å²) in [5, 5.41) is 6.17. The fourth-order valence-electron chi connectivity index (χ4n) is 4.72. The molecule has 1 aromatic carbocycles. The molecular weight excluding hydrogens is 388 g/mol. The van der Waals surface area contributed by atoms with Crippen LogP contribution in [0.1, 0.15) is 76.1 Å². The van der Waals surface area contributed by atoms with Gasteiger partial charge in [0.2, 0.25) is 5.91 Å². The number of carbonyl (C=O) groups excluding carboxylic acids is 2. The average Bonchev–Trinajstić information content (AvgIpc) is 2.80. The van der Waals surface area contributed by atoms with Gasteiger partial charge in [-0.2, -0.15) is 0 Å². The fraction of sp³-hybridized carbons (Fsp3) is 0.680. The van der Waals surface area contributed by atoms with Gasteiger partial charge in [0.25, 0.3) is 5.91 Å². The van der Waals surface area contributed by atoms with Gasteiger partial charge < -0.3 is 15.5 Å². The number of piperazine rings is 1. The molecule has 2 fully saturated rings. The van der Waals surface area contributed by atoms with Crippen LogP contribution in [0.5, 0.6) is 0 Å². The highest BCUT2D eigenvalue weighted by atomic mass is 16.2. The normalized spacial score (nSPS) is 19.3. The van der Waals surface area contributed by atoms with Crippen LogP contribution in [0.25, 0.3) is 0 Å². The monoisotopic (exact) mass is 428 g/mol. The number of rotatable bonds is 8. The molecule has 2 N–H and O–H groups in total. The molecule has 6 nitrogen and oxygen atoms in total. The number of amides is 2. The van der Waals surface area contributed by atoms with Crippen LogP contribution in [0.3, 0.4) is 0 Å². The topological polar surface area (TPSA) is 64.7 Å². The molecule has 0 radical (unpaired) electrons. The first-order valence-electron chi connectivity index (χ1n) is 12.1. The first kappa shape index (κ1) is 23.6. The molecule has 3 rings (SSSR count). The van der Waals surface area contributed by atoms with Gasteiger partial charge in [0, 0.05) is 50.0 Å². The van der Waals surface area contributed by atoms with Crippen LogP contribution in [0.2, 0.25) is 0 Å². The van der Waals surface area contributed by atoms with Gasteiger partial charge in [0.05, 0.1) is 0 Å². The van der Waals surface area contributed by atoms with E-state index in [4.69, 9.17) is 0 Å². The van der Waals surface area contributed by atoms with E-state index in [1.165, 1.54) is 0 Å². The van der Waals surface area contributed by atoms with E-state index in [0.29, 0.717) is 18.2 Å². The Balaban J connectivity index is 1.62. The van der Waals surface area contributed by atoms with Crippen molar-refractivity contribution >= 4 is 17.5 Å². The summed E-state index contributed by atoms with van der Waals surface area (Å²) < 4.78 is 0. The minimum atomic E-state index is -0.769. The molecule has 0 unspecified atom stereocenters. The zero-order chi connectivity index (χ0) is 22.3. The van der Waals surface area contributed by atoms with Crippen LogP contribution in [-0.2, 0) is 4.79 Å². The van der Waals surface area contributed by atoms with E-state index in [1.54, 1.807) is 0 Å². The minimum Gasteiger partial charge on any atom is -0.369 e. The zero-order valence-electron chi connectivity index (χ0n) is 19.6. The van der Waals surface area contributed by atoms with Crippen LogP contribution in [0.15, 0.2) is 24.3 Å². The summed E-state index contributed by atoms with van der Waals surface area (Å²) in [7, 11) is 0. The molecule has 172 valence electrons. The second kappa shape index (κ2) is 11.0. The van der Waals surface area contributed by atoms with Crippen LogP contribution in [0.4, 0.5) is 5.69 Å². The molecule has 0 bridgehead atoms. The Morgan fingerprint density at radius 2 is 1.65 bits per heavy atom. The van der Waals surface area contributed by atoms with Crippen molar-refractivity contribution < 1.29 is 9.59 Å². The molecule has 0 atom stereocenters. The molecule has 0 spiro atoms. The first-order chi connectivity index (χ1) is 14.9. The SMILES string of the molecule is CCCCNC(=O)C1(NC(=O)c2ccc(N3CCN(C(C)C)CC3)cc2)CCCCC1. The lowest BCUT2D eigenvalue weighted by molar-refractivity contribution is -0.128. The van der Waals surface area contributed by atoms with Gasteiger partial charge >= 0.3 is 0 Å². The van der Waals surface area contributed by atoms with E-state index in [1.807, 2.05) is 24.3 Å². The number of unbranched alkanes of at least 4 members (excludes halogenated alkanes) is 1. The number of nitrogens with zero attached hydrogens (tertiary/aromatic N) is 2. The third-order valence-corrected chi connectivity index (χ3v) is 6.85. The Labute approximate surface area is 187 Å². The maximum Gasteiger partial charge on any atom is 0.252 e. The molecule has 1 saturated heterocycles. The number of carbonyl (C=O) groups is 2. The Morgan fingerprint density at radius 1 is 1.00 bits per heavy atom. The van der Waals surface area contributed by atoms with E-state index in [9.17, 15) is 9.59 Å². The van der Waals surface area contributed by atoms with Crippen LogP contribution < -0.4 is 15.5 Å². The number of nitrogens with one attached hydrogen (secondary N) is 2. The predicted octanol–water partition coefficient (Wildman–Crippen LogP) is 3.57. The highest BCUT2D eigenvalue weighted by Gasteiger charge is 2.40. The van der Waals surface area contributed by atoms with Gasteiger partial charge in [-0.25, -0.2) is 0 Å². The van der Waals surface area contributed by atoms with E-state index < -0.39 is 5.54 Å². The van der Waals surface area contributed by atoms with E-state index >= 15 is 0 Å². The smallest absolute Gasteiger partial charge is 0.252 e. The van der Waals surface area contributed by atoms with Crippen molar-refractivity contribution in [3.63, 3.8) is 0 Å². The Kier molecular flexibility index (Phi) is 8.35. The van der Waals surface area contributed by atoms with Crippen molar-refractivity contribution in [1.82, 2.24) is 15.5 Å². The molecule has 31 heavy (non-hydrogen) atoms. The third-order valence-electron chi connectivity index (χ3n) is 6.85. The quantitative estimate of drug-likeness (QED) is 0.622. The molecule has 0 aromatic heterocycles. The molecule has 2 aliphatic rings. The summed E-state index contributed by atoms with van der Waals surface area (Å²) in [4.78, 5) is 30.9. The number of benzene rings is 1. The Morgan fingerprint density at radius 3 is 2.23 bits per heavy atom. The fourth-order valence-corrected chi connectivity index (χ4v) is 4.72. The second-order valence-electron chi connectivity index (χ2n) is 9.37. The highest BCUT2D eigenvalue weighted by Crippen LogP contribution is 2.29. The second-order valence-corrected chi connectivity index (χ2v) is 9.37. The van der Waals surface area contributed by atoms with Crippen molar-refractivity contribution in [1.29, 1.82) is 0 Å². The molecule has 6 heteroatoms. The Bertz CT molecular complexity index is 718. The summed E-state index contributed by atoms with van der Waals surface area (Å²) in [6.45, 7) is 11.4. The largest absolute Gasteiger partial charge is 0.369 e. The summed E-state index contributed by atoms with van der Waals surface area (Å²) in [5.74, 6) is -0.169. The molecular formula is C25H40N4O2. The lowest BCUT2D eigenvalue weighted by Crippen LogP contribution is -2.59. The van der Waals surface area contributed by atoms with Gasteiger partial charge in [0.15, 0.2) is 0 Å². The van der Waals surface area contributed by atoms with E-state index in [2.05, 4.69) is 41.2 Å². The summed E-state index contributed by atoms with van der Waals surface area (Å²) >= 11 is 0.